The van der Waals surface area contributed by atoms with Crippen molar-refractivity contribution < 1.29 is 4.74 Å². The predicted molar refractivity (Wildman–Crippen MR) is 96.9 cm³/mol. The fourth-order valence-corrected chi connectivity index (χ4v) is 3.93. The largest absolute Gasteiger partial charge is 0.489 e. The van der Waals surface area contributed by atoms with Crippen molar-refractivity contribution in [3.8, 4) is 5.75 Å². The Balaban J connectivity index is 1.92. The first-order chi connectivity index (χ1) is 10.9. The van der Waals surface area contributed by atoms with Crippen molar-refractivity contribution in [3.63, 3.8) is 0 Å². The van der Waals surface area contributed by atoms with Crippen molar-refractivity contribution in [3.05, 3.63) is 65.2 Å². The van der Waals surface area contributed by atoms with Crippen LogP contribution in [0.5, 0.6) is 5.75 Å². The highest BCUT2D eigenvalue weighted by atomic mass is 16.5. The van der Waals surface area contributed by atoms with Gasteiger partial charge in [-0.15, -0.1) is 0 Å². The fourth-order valence-electron chi connectivity index (χ4n) is 3.93. The Bertz CT molecular complexity index is 672. The summed E-state index contributed by atoms with van der Waals surface area (Å²) in [6.45, 7) is 10.0. The van der Waals surface area contributed by atoms with Crippen LogP contribution < -0.4 is 4.74 Å². The molecule has 0 saturated heterocycles. The lowest BCUT2D eigenvalue weighted by atomic mass is 9.65. The molecule has 1 nitrogen and oxygen atoms in total. The molecule has 1 saturated carbocycles. The van der Waals surface area contributed by atoms with Gasteiger partial charge in [0, 0.05) is 11.0 Å². The fraction of sp³-hybridized carbons (Fsp3) is 0.455. The summed E-state index contributed by atoms with van der Waals surface area (Å²) >= 11 is 0. The van der Waals surface area contributed by atoms with Gasteiger partial charge in [-0.2, -0.15) is 0 Å². The van der Waals surface area contributed by atoms with Crippen LogP contribution in [0, 0.1) is 12.3 Å². The summed E-state index contributed by atoms with van der Waals surface area (Å²) in [5.74, 6) is 1.05. The molecule has 0 aromatic heterocycles. The van der Waals surface area contributed by atoms with E-state index in [1.54, 1.807) is 0 Å². The second-order valence-corrected chi connectivity index (χ2v) is 7.84. The molecule has 0 bridgehead atoms. The lowest BCUT2D eigenvalue weighted by Gasteiger charge is -2.40. The number of hydrogen-bond acceptors (Lipinski definition) is 1. The molecule has 0 radical (unpaired) electrons. The molecule has 1 unspecified atom stereocenters. The van der Waals surface area contributed by atoms with Crippen molar-refractivity contribution in [2.24, 2.45) is 5.41 Å². The molecule has 1 fully saturated rings. The Morgan fingerprint density at radius 3 is 2.35 bits per heavy atom. The molecule has 23 heavy (non-hydrogen) atoms. The van der Waals surface area contributed by atoms with Gasteiger partial charge in [-0.3, -0.25) is 0 Å². The van der Waals surface area contributed by atoms with E-state index in [2.05, 4.69) is 70.2 Å². The first-order valence-electron chi connectivity index (χ1n) is 8.70. The summed E-state index contributed by atoms with van der Waals surface area (Å²) in [5.41, 5.74) is 4.42. The number of benzene rings is 2. The quantitative estimate of drug-likeness (QED) is 0.669. The summed E-state index contributed by atoms with van der Waals surface area (Å²) in [6.07, 6.45) is 3.83. The van der Waals surface area contributed by atoms with Crippen molar-refractivity contribution in [2.45, 2.75) is 59.0 Å². The molecule has 0 heterocycles. The van der Waals surface area contributed by atoms with Crippen LogP contribution in [0.4, 0.5) is 0 Å². The molecule has 1 aliphatic carbocycles. The van der Waals surface area contributed by atoms with E-state index >= 15 is 0 Å². The van der Waals surface area contributed by atoms with Crippen LogP contribution in [-0.4, -0.2) is 0 Å². The summed E-state index contributed by atoms with van der Waals surface area (Å²) in [7, 11) is 0. The normalized spacial score (nSPS) is 23.0. The number of hydrogen-bond donors (Lipinski definition) is 0. The van der Waals surface area contributed by atoms with Crippen molar-refractivity contribution in [1.29, 1.82) is 0 Å². The first-order valence-corrected chi connectivity index (χ1v) is 8.70. The smallest absolute Gasteiger partial charge is 0.123 e. The standard InChI is InChI=1S/C22H28O/c1-17-11-12-20(23-16-18-9-6-5-7-10-18)19(15-17)22(4)14-8-13-21(22,2)3/h5-7,9-12,15H,8,13-14,16H2,1-4H3. The van der Waals surface area contributed by atoms with Gasteiger partial charge in [0.25, 0.3) is 0 Å². The van der Waals surface area contributed by atoms with Crippen LogP contribution in [0.25, 0.3) is 0 Å². The van der Waals surface area contributed by atoms with Gasteiger partial charge < -0.3 is 4.74 Å². The van der Waals surface area contributed by atoms with Gasteiger partial charge >= 0.3 is 0 Å². The third-order valence-electron chi connectivity index (χ3n) is 5.94. The van der Waals surface area contributed by atoms with E-state index in [0.717, 1.165) is 5.75 Å². The van der Waals surface area contributed by atoms with Gasteiger partial charge in [0.1, 0.15) is 12.4 Å². The van der Waals surface area contributed by atoms with E-state index in [1.165, 1.54) is 36.0 Å². The molecular weight excluding hydrogens is 280 g/mol. The van der Waals surface area contributed by atoms with Gasteiger partial charge in [-0.25, -0.2) is 0 Å². The maximum atomic E-state index is 6.25. The molecule has 1 atom stereocenters. The van der Waals surface area contributed by atoms with Crippen LogP contribution in [0.2, 0.25) is 0 Å². The van der Waals surface area contributed by atoms with Crippen molar-refractivity contribution in [1.82, 2.24) is 0 Å². The lowest BCUT2D eigenvalue weighted by Crippen LogP contribution is -2.34. The maximum absolute atomic E-state index is 6.25. The molecule has 0 aliphatic heterocycles. The van der Waals surface area contributed by atoms with E-state index < -0.39 is 0 Å². The van der Waals surface area contributed by atoms with Gasteiger partial charge in [0.15, 0.2) is 0 Å². The zero-order valence-electron chi connectivity index (χ0n) is 14.9. The minimum absolute atomic E-state index is 0.186. The van der Waals surface area contributed by atoms with Gasteiger partial charge in [-0.05, 0) is 36.8 Å². The van der Waals surface area contributed by atoms with Crippen molar-refractivity contribution in [2.75, 3.05) is 0 Å². The number of aryl methyl sites for hydroxylation is 1. The molecule has 0 N–H and O–H groups in total. The highest BCUT2D eigenvalue weighted by molar-refractivity contribution is 5.44. The highest BCUT2D eigenvalue weighted by Crippen LogP contribution is 2.55. The van der Waals surface area contributed by atoms with Crippen LogP contribution in [-0.2, 0) is 12.0 Å². The lowest BCUT2D eigenvalue weighted by molar-refractivity contribution is 0.211. The maximum Gasteiger partial charge on any atom is 0.123 e. The monoisotopic (exact) mass is 308 g/mol. The summed E-state index contributed by atoms with van der Waals surface area (Å²) in [5, 5.41) is 0. The van der Waals surface area contributed by atoms with E-state index in [4.69, 9.17) is 4.74 Å². The van der Waals surface area contributed by atoms with Crippen LogP contribution >= 0.6 is 0 Å². The molecule has 1 aliphatic rings. The Labute approximate surface area is 140 Å². The van der Waals surface area contributed by atoms with Crippen LogP contribution in [0.15, 0.2) is 48.5 Å². The Morgan fingerprint density at radius 2 is 1.70 bits per heavy atom. The van der Waals surface area contributed by atoms with Crippen LogP contribution in [0.1, 0.15) is 56.7 Å². The first kappa shape index (κ1) is 16.1. The molecule has 2 aromatic rings. The topological polar surface area (TPSA) is 9.23 Å². The Morgan fingerprint density at radius 1 is 0.957 bits per heavy atom. The zero-order chi connectivity index (χ0) is 16.5. The average Bonchev–Trinajstić information content (AvgIpc) is 2.81. The second-order valence-electron chi connectivity index (χ2n) is 7.84. The van der Waals surface area contributed by atoms with Gasteiger partial charge in [-0.1, -0.05) is 75.2 Å². The minimum Gasteiger partial charge on any atom is -0.489 e. The van der Waals surface area contributed by atoms with E-state index in [1.807, 2.05) is 6.07 Å². The Kier molecular flexibility index (Phi) is 4.23. The molecule has 3 rings (SSSR count). The molecular formula is C22H28O. The Hall–Kier alpha value is -1.76. The van der Waals surface area contributed by atoms with Crippen LogP contribution in [0.3, 0.4) is 0 Å². The predicted octanol–water partition coefficient (Wildman–Crippen LogP) is 6.04. The molecule has 0 spiro atoms. The molecule has 0 amide bonds. The SMILES string of the molecule is Cc1ccc(OCc2ccccc2)c(C2(C)CCCC2(C)C)c1. The third-order valence-corrected chi connectivity index (χ3v) is 5.94. The molecule has 1 heteroatoms. The molecule has 122 valence electrons. The van der Waals surface area contributed by atoms with Gasteiger partial charge in [0.2, 0.25) is 0 Å². The summed E-state index contributed by atoms with van der Waals surface area (Å²) in [4.78, 5) is 0. The van der Waals surface area contributed by atoms with E-state index in [-0.39, 0.29) is 5.41 Å². The highest BCUT2D eigenvalue weighted by Gasteiger charge is 2.47. The summed E-state index contributed by atoms with van der Waals surface area (Å²) in [6, 6.07) is 17.1. The average molecular weight is 308 g/mol. The minimum atomic E-state index is 0.186. The molecule has 2 aromatic carbocycles. The van der Waals surface area contributed by atoms with Crippen molar-refractivity contribution >= 4 is 0 Å². The number of rotatable bonds is 4. The summed E-state index contributed by atoms with van der Waals surface area (Å²) < 4.78 is 6.25. The van der Waals surface area contributed by atoms with E-state index in [0.29, 0.717) is 12.0 Å². The second kappa shape index (κ2) is 6.03. The number of ether oxygens (including phenoxy) is 1. The zero-order valence-corrected chi connectivity index (χ0v) is 14.9. The third kappa shape index (κ3) is 3.02. The van der Waals surface area contributed by atoms with Gasteiger partial charge in [0.05, 0.1) is 0 Å². The van der Waals surface area contributed by atoms with E-state index in [9.17, 15) is 0 Å².